The highest BCUT2D eigenvalue weighted by molar-refractivity contribution is 4.68. The fourth-order valence-corrected chi connectivity index (χ4v) is 1.83. The van der Waals surface area contributed by atoms with Crippen molar-refractivity contribution in [3.05, 3.63) is 0 Å². The van der Waals surface area contributed by atoms with Gasteiger partial charge < -0.3 is 5.11 Å². The van der Waals surface area contributed by atoms with Crippen LogP contribution in [0.3, 0.4) is 0 Å². The van der Waals surface area contributed by atoms with Crippen molar-refractivity contribution in [2.45, 2.75) is 72.3 Å². The monoisotopic (exact) mass is 200 g/mol. The van der Waals surface area contributed by atoms with E-state index in [1.807, 2.05) is 0 Å². The van der Waals surface area contributed by atoms with Crippen LogP contribution in [0.25, 0.3) is 0 Å². The van der Waals surface area contributed by atoms with Crippen LogP contribution in [0.2, 0.25) is 0 Å². The van der Waals surface area contributed by atoms with Gasteiger partial charge in [0.05, 0.1) is 6.10 Å². The smallest absolute Gasteiger partial charge is 0.0568 e. The normalized spacial score (nSPS) is 17.8. The van der Waals surface area contributed by atoms with Crippen LogP contribution in [0, 0.1) is 11.8 Å². The lowest BCUT2D eigenvalue weighted by Crippen LogP contribution is -2.20. The Morgan fingerprint density at radius 1 is 1.07 bits per heavy atom. The molecule has 86 valence electrons. The molecular weight excluding hydrogens is 172 g/mol. The Bertz CT molecular complexity index is 122. The van der Waals surface area contributed by atoms with Gasteiger partial charge in [0.1, 0.15) is 0 Å². The van der Waals surface area contributed by atoms with Crippen molar-refractivity contribution < 1.29 is 5.11 Å². The van der Waals surface area contributed by atoms with E-state index in [0.717, 1.165) is 18.8 Å². The largest absolute Gasteiger partial charge is 0.393 e. The van der Waals surface area contributed by atoms with Crippen LogP contribution in [0.5, 0.6) is 0 Å². The second kappa shape index (κ2) is 8.28. The Balaban J connectivity index is 3.79. The van der Waals surface area contributed by atoms with Crippen molar-refractivity contribution in [3.8, 4) is 0 Å². The third-order valence-corrected chi connectivity index (χ3v) is 3.42. The Hall–Kier alpha value is -0.0400. The summed E-state index contributed by atoms with van der Waals surface area (Å²) >= 11 is 0. The zero-order chi connectivity index (χ0) is 11.0. The summed E-state index contributed by atoms with van der Waals surface area (Å²) in [5.41, 5.74) is 0. The second-order valence-corrected chi connectivity index (χ2v) is 4.61. The maximum atomic E-state index is 9.92. The highest BCUT2D eigenvalue weighted by Gasteiger charge is 2.16. The van der Waals surface area contributed by atoms with E-state index in [1.165, 1.54) is 25.7 Å². The van der Waals surface area contributed by atoms with Gasteiger partial charge in [0.2, 0.25) is 0 Å². The summed E-state index contributed by atoms with van der Waals surface area (Å²) in [5, 5.41) is 9.92. The fraction of sp³-hybridized carbons (Fsp3) is 1.00. The highest BCUT2D eigenvalue weighted by Crippen LogP contribution is 2.22. The van der Waals surface area contributed by atoms with E-state index in [2.05, 4.69) is 27.7 Å². The molecule has 1 N–H and O–H groups in total. The number of aliphatic hydroxyl groups excluding tert-OH is 1. The van der Waals surface area contributed by atoms with Gasteiger partial charge in [-0.2, -0.15) is 0 Å². The molecule has 0 aliphatic rings. The summed E-state index contributed by atoms with van der Waals surface area (Å²) in [6, 6.07) is 0. The van der Waals surface area contributed by atoms with Gasteiger partial charge >= 0.3 is 0 Å². The van der Waals surface area contributed by atoms with Crippen molar-refractivity contribution in [1.29, 1.82) is 0 Å². The summed E-state index contributed by atoms with van der Waals surface area (Å²) in [6.07, 6.45) is 7.11. The average Bonchev–Trinajstić information content (AvgIpc) is 2.22. The molecule has 0 saturated heterocycles. The van der Waals surface area contributed by atoms with Crippen molar-refractivity contribution in [2.75, 3.05) is 0 Å². The summed E-state index contributed by atoms with van der Waals surface area (Å²) in [4.78, 5) is 0. The summed E-state index contributed by atoms with van der Waals surface area (Å²) in [5.74, 6) is 1.20. The molecule has 0 aliphatic carbocycles. The first kappa shape index (κ1) is 14.0. The van der Waals surface area contributed by atoms with Gasteiger partial charge in [-0.15, -0.1) is 0 Å². The molecule has 0 heterocycles. The molecule has 0 amide bonds. The Kier molecular flexibility index (Phi) is 8.26. The van der Waals surface area contributed by atoms with Gasteiger partial charge in [-0.25, -0.2) is 0 Å². The number of unbranched alkanes of at least 4 members (excludes halogenated alkanes) is 1. The van der Waals surface area contributed by atoms with Crippen molar-refractivity contribution in [2.24, 2.45) is 11.8 Å². The minimum atomic E-state index is -0.0817. The molecule has 1 nitrogen and oxygen atoms in total. The van der Waals surface area contributed by atoms with Crippen molar-refractivity contribution in [3.63, 3.8) is 0 Å². The molecule has 0 rings (SSSR count). The molecule has 14 heavy (non-hydrogen) atoms. The number of hydrogen-bond donors (Lipinski definition) is 1. The summed E-state index contributed by atoms with van der Waals surface area (Å²) < 4.78 is 0. The average molecular weight is 200 g/mol. The Morgan fingerprint density at radius 2 is 1.71 bits per heavy atom. The minimum Gasteiger partial charge on any atom is -0.393 e. The molecule has 1 heteroatoms. The predicted octanol–water partition coefficient (Wildman–Crippen LogP) is 4.00. The van der Waals surface area contributed by atoms with Gasteiger partial charge in [0, 0.05) is 0 Å². The Labute approximate surface area is 89.9 Å². The third kappa shape index (κ3) is 5.64. The topological polar surface area (TPSA) is 20.2 Å². The molecule has 0 aromatic heterocycles. The zero-order valence-electron chi connectivity index (χ0n) is 10.4. The number of hydrogen-bond acceptors (Lipinski definition) is 1. The molecule has 3 atom stereocenters. The van der Waals surface area contributed by atoms with E-state index in [1.54, 1.807) is 0 Å². The molecule has 0 aromatic carbocycles. The van der Waals surface area contributed by atoms with Crippen LogP contribution >= 0.6 is 0 Å². The maximum Gasteiger partial charge on any atom is 0.0568 e. The van der Waals surface area contributed by atoms with Gasteiger partial charge in [0.15, 0.2) is 0 Å². The first-order valence-electron chi connectivity index (χ1n) is 6.33. The number of aliphatic hydroxyl groups is 1. The van der Waals surface area contributed by atoms with E-state index >= 15 is 0 Å². The van der Waals surface area contributed by atoms with Crippen molar-refractivity contribution >= 4 is 0 Å². The summed E-state index contributed by atoms with van der Waals surface area (Å²) in [6.45, 7) is 8.78. The van der Waals surface area contributed by atoms with Gasteiger partial charge in [-0.1, -0.05) is 59.8 Å². The lowest BCUT2D eigenvalue weighted by Gasteiger charge is -2.22. The minimum absolute atomic E-state index is 0.0817. The molecule has 3 unspecified atom stereocenters. The molecule has 0 radical (unpaired) electrons. The maximum absolute atomic E-state index is 9.92. The van der Waals surface area contributed by atoms with Crippen LogP contribution in [0.1, 0.15) is 66.2 Å². The lowest BCUT2D eigenvalue weighted by molar-refractivity contribution is 0.0846. The Morgan fingerprint density at radius 3 is 2.14 bits per heavy atom. The third-order valence-electron chi connectivity index (χ3n) is 3.42. The number of rotatable bonds is 8. The summed E-state index contributed by atoms with van der Waals surface area (Å²) in [7, 11) is 0. The van der Waals surface area contributed by atoms with Crippen LogP contribution < -0.4 is 0 Å². The predicted molar refractivity (Wildman–Crippen MR) is 63.4 cm³/mol. The molecular formula is C13H28O. The molecule has 0 spiro atoms. The SMILES string of the molecule is CCCCC(CC)CC(O)C(C)CC. The van der Waals surface area contributed by atoms with E-state index in [9.17, 15) is 5.11 Å². The first-order valence-corrected chi connectivity index (χ1v) is 6.33. The van der Waals surface area contributed by atoms with Crippen LogP contribution in [-0.4, -0.2) is 11.2 Å². The fourth-order valence-electron chi connectivity index (χ4n) is 1.83. The second-order valence-electron chi connectivity index (χ2n) is 4.61. The van der Waals surface area contributed by atoms with E-state index in [4.69, 9.17) is 0 Å². The van der Waals surface area contributed by atoms with E-state index < -0.39 is 0 Å². The van der Waals surface area contributed by atoms with Gasteiger partial charge in [0.25, 0.3) is 0 Å². The lowest BCUT2D eigenvalue weighted by atomic mass is 9.88. The van der Waals surface area contributed by atoms with Crippen LogP contribution in [-0.2, 0) is 0 Å². The highest BCUT2D eigenvalue weighted by atomic mass is 16.3. The van der Waals surface area contributed by atoms with E-state index in [-0.39, 0.29) is 6.10 Å². The quantitative estimate of drug-likeness (QED) is 0.628. The molecule has 0 saturated carbocycles. The molecule has 0 bridgehead atoms. The van der Waals surface area contributed by atoms with E-state index in [0.29, 0.717) is 5.92 Å². The molecule has 0 aromatic rings. The van der Waals surface area contributed by atoms with Gasteiger partial charge in [-0.3, -0.25) is 0 Å². The molecule has 0 aliphatic heterocycles. The van der Waals surface area contributed by atoms with Crippen LogP contribution in [0.15, 0.2) is 0 Å². The molecule has 0 fully saturated rings. The van der Waals surface area contributed by atoms with Gasteiger partial charge in [-0.05, 0) is 18.3 Å². The van der Waals surface area contributed by atoms with Crippen LogP contribution in [0.4, 0.5) is 0 Å². The van der Waals surface area contributed by atoms with Crippen molar-refractivity contribution in [1.82, 2.24) is 0 Å². The zero-order valence-corrected chi connectivity index (χ0v) is 10.4. The standard InChI is InChI=1S/C13H28O/c1-5-8-9-12(7-3)10-13(14)11(4)6-2/h11-14H,5-10H2,1-4H3. The first-order chi connectivity index (χ1) is 6.65.